The molecule has 4 rings (SSSR count). The lowest BCUT2D eigenvalue weighted by Crippen LogP contribution is -2.17. The second-order valence-electron chi connectivity index (χ2n) is 7.39. The van der Waals surface area contributed by atoms with E-state index in [4.69, 9.17) is 9.47 Å². The number of aryl methyl sites for hydroxylation is 1. The summed E-state index contributed by atoms with van der Waals surface area (Å²) in [6.07, 6.45) is 0.851. The van der Waals surface area contributed by atoms with Crippen LogP contribution in [0.4, 0.5) is 0 Å². The molecule has 154 valence electrons. The van der Waals surface area contributed by atoms with Crippen molar-refractivity contribution in [1.82, 2.24) is 15.3 Å². The van der Waals surface area contributed by atoms with Gasteiger partial charge < -0.3 is 19.8 Å². The average molecular weight is 402 g/mol. The number of imidazole rings is 1. The van der Waals surface area contributed by atoms with E-state index in [9.17, 15) is 0 Å². The summed E-state index contributed by atoms with van der Waals surface area (Å²) in [5.41, 5.74) is 5.62. The molecule has 1 heterocycles. The van der Waals surface area contributed by atoms with Crippen LogP contribution in [0.15, 0.2) is 66.7 Å². The van der Waals surface area contributed by atoms with Gasteiger partial charge in [0.15, 0.2) is 11.5 Å². The summed E-state index contributed by atoms with van der Waals surface area (Å²) in [5.74, 6) is 2.51. The van der Waals surface area contributed by atoms with Gasteiger partial charge in [0.2, 0.25) is 0 Å². The van der Waals surface area contributed by atoms with Crippen molar-refractivity contribution in [3.05, 3.63) is 89.2 Å². The van der Waals surface area contributed by atoms with Crippen molar-refractivity contribution in [2.75, 3.05) is 13.7 Å². The molecule has 0 fully saturated rings. The zero-order valence-corrected chi connectivity index (χ0v) is 17.4. The Morgan fingerprint density at radius 3 is 2.67 bits per heavy atom. The van der Waals surface area contributed by atoms with Crippen molar-refractivity contribution < 1.29 is 9.47 Å². The molecule has 0 atom stereocenters. The third-order valence-corrected chi connectivity index (χ3v) is 5.01. The molecule has 0 saturated heterocycles. The molecule has 0 aliphatic carbocycles. The number of aromatic nitrogens is 2. The van der Waals surface area contributed by atoms with Crippen LogP contribution in [0.1, 0.15) is 22.5 Å². The van der Waals surface area contributed by atoms with E-state index in [1.807, 2.05) is 42.5 Å². The number of nitrogens with zero attached hydrogens (tertiary/aromatic N) is 1. The fraction of sp³-hybridized carbons (Fsp3) is 0.240. The van der Waals surface area contributed by atoms with Gasteiger partial charge in [-0.3, -0.25) is 0 Å². The summed E-state index contributed by atoms with van der Waals surface area (Å²) >= 11 is 0. The number of nitrogens with one attached hydrogen (secondary N) is 2. The van der Waals surface area contributed by atoms with Gasteiger partial charge in [-0.15, -0.1) is 0 Å². The molecule has 30 heavy (non-hydrogen) atoms. The smallest absolute Gasteiger partial charge is 0.161 e. The highest BCUT2D eigenvalue weighted by Crippen LogP contribution is 2.29. The van der Waals surface area contributed by atoms with Crippen LogP contribution in [0.2, 0.25) is 0 Å². The summed E-state index contributed by atoms with van der Waals surface area (Å²) in [5, 5.41) is 3.47. The Labute approximate surface area is 177 Å². The number of H-pyrrole nitrogens is 1. The third-order valence-electron chi connectivity index (χ3n) is 5.01. The van der Waals surface area contributed by atoms with Crippen LogP contribution in [-0.4, -0.2) is 23.6 Å². The third kappa shape index (κ3) is 4.99. The Morgan fingerprint density at radius 1 is 0.933 bits per heavy atom. The lowest BCUT2D eigenvalue weighted by molar-refractivity contribution is 0.284. The van der Waals surface area contributed by atoms with Gasteiger partial charge in [0.05, 0.1) is 18.1 Å². The van der Waals surface area contributed by atoms with Crippen molar-refractivity contribution in [1.29, 1.82) is 0 Å². The highest BCUT2D eigenvalue weighted by atomic mass is 16.5. The maximum absolute atomic E-state index is 5.98. The van der Waals surface area contributed by atoms with E-state index >= 15 is 0 Å². The van der Waals surface area contributed by atoms with E-state index in [-0.39, 0.29) is 0 Å². The van der Waals surface area contributed by atoms with E-state index < -0.39 is 0 Å². The highest BCUT2D eigenvalue weighted by Gasteiger charge is 2.07. The lowest BCUT2D eigenvalue weighted by Gasteiger charge is -2.13. The van der Waals surface area contributed by atoms with Crippen LogP contribution in [0.3, 0.4) is 0 Å². The number of aromatic amines is 1. The Balaban J connectivity index is 1.29. The topological polar surface area (TPSA) is 59.2 Å². The fourth-order valence-corrected chi connectivity index (χ4v) is 3.47. The van der Waals surface area contributed by atoms with Gasteiger partial charge in [0.1, 0.15) is 12.4 Å². The summed E-state index contributed by atoms with van der Waals surface area (Å²) in [7, 11) is 1.67. The molecular weight excluding hydrogens is 374 g/mol. The molecule has 0 radical (unpaired) electrons. The van der Waals surface area contributed by atoms with Gasteiger partial charge >= 0.3 is 0 Å². The minimum atomic E-state index is 0.521. The molecule has 0 aliphatic heterocycles. The molecule has 3 aromatic carbocycles. The minimum absolute atomic E-state index is 0.521. The second-order valence-corrected chi connectivity index (χ2v) is 7.39. The Bertz CT molecular complexity index is 1090. The molecule has 4 aromatic rings. The van der Waals surface area contributed by atoms with Crippen molar-refractivity contribution in [3.63, 3.8) is 0 Å². The molecule has 1 aromatic heterocycles. The van der Waals surface area contributed by atoms with E-state index in [0.29, 0.717) is 6.61 Å². The predicted molar refractivity (Wildman–Crippen MR) is 120 cm³/mol. The number of methoxy groups -OCH3 is 1. The molecular formula is C25H27N3O2. The maximum atomic E-state index is 5.98. The summed E-state index contributed by atoms with van der Waals surface area (Å²) in [6.45, 7) is 4.20. The van der Waals surface area contributed by atoms with Gasteiger partial charge in [-0.2, -0.15) is 0 Å². The molecule has 0 amide bonds. The summed E-state index contributed by atoms with van der Waals surface area (Å²) in [4.78, 5) is 7.98. The van der Waals surface area contributed by atoms with E-state index in [2.05, 4.69) is 46.5 Å². The van der Waals surface area contributed by atoms with E-state index in [1.54, 1.807) is 7.11 Å². The first-order chi connectivity index (χ1) is 14.7. The fourth-order valence-electron chi connectivity index (χ4n) is 3.47. The molecule has 0 unspecified atom stereocenters. The van der Waals surface area contributed by atoms with Gasteiger partial charge in [-0.1, -0.05) is 48.0 Å². The second kappa shape index (κ2) is 9.46. The van der Waals surface area contributed by atoms with Crippen LogP contribution in [-0.2, 0) is 19.6 Å². The van der Waals surface area contributed by atoms with E-state index in [0.717, 1.165) is 59.0 Å². The van der Waals surface area contributed by atoms with Gasteiger partial charge in [-0.05, 0) is 42.3 Å². The van der Waals surface area contributed by atoms with Crippen molar-refractivity contribution in [3.8, 4) is 11.5 Å². The molecule has 0 aliphatic rings. The number of hydrogen-bond acceptors (Lipinski definition) is 4. The van der Waals surface area contributed by atoms with E-state index in [1.165, 1.54) is 5.56 Å². The number of benzene rings is 3. The highest BCUT2D eigenvalue weighted by molar-refractivity contribution is 5.74. The lowest BCUT2D eigenvalue weighted by atomic mass is 10.1. The SMILES string of the molecule is COc1cc(CNCCc2nc3ccccc3[nH]2)ccc1OCc1cccc(C)c1. The standard InChI is InChI=1S/C25H27N3O2/c1-18-6-5-7-20(14-18)17-30-23-11-10-19(15-24(23)29-2)16-26-13-12-25-27-21-8-3-4-9-22(21)28-25/h3-11,14-15,26H,12-13,16-17H2,1-2H3,(H,27,28). The predicted octanol–water partition coefficient (Wildman–Crippen LogP) is 4.79. The Hall–Kier alpha value is -3.31. The van der Waals surface area contributed by atoms with Crippen LogP contribution in [0.25, 0.3) is 11.0 Å². The number of ether oxygens (including phenoxy) is 2. The van der Waals surface area contributed by atoms with Crippen molar-refractivity contribution in [2.45, 2.75) is 26.5 Å². The maximum Gasteiger partial charge on any atom is 0.161 e. The average Bonchev–Trinajstić information content (AvgIpc) is 3.18. The Morgan fingerprint density at radius 2 is 1.83 bits per heavy atom. The number of fused-ring (bicyclic) bond motifs is 1. The quantitative estimate of drug-likeness (QED) is 0.396. The zero-order chi connectivity index (χ0) is 20.8. The minimum Gasteiger partial charge on any atom is -0.493 e. The molecule has 5 heteroatoms. The summed E-state index contributed by atoms with van der Waals surface area (Å²) < 4.78 is 11.5. The molecule has 0 saturated carbocycles. The molecule has 2 N–H and O–H groups in total. The summed E-state index contributed by atoms with van der Waals surface area (Å²) in [6, 6.07) is 22.5. The Kier molecular flexibility index (Phi) is 6.30. The largest absolute Gasteiger partial charge is 0.493 e. The molecule has 5 nitrogen and oxygen atoms in total. The number of hydrogen-bond donors (Lipinski definition) is 2. The monoisotopic (exact) mass is 401 g/mol. The van der Waals surface area contributed by atoms with Crippen molar-refractivity contribution >= 4 is 11.0 Å². The first kappa shape index (κ1) is 20.0. The first-order valence-electron chi connectivity index (χ1n) is 10.2. The number of para-hydroxylation sites is 2. The molecule has 0 bridgehead atoms. The van der Waals surface area contributed by atoms with Gasteiger partial charge in [0.25, 0.3) is 0 Å². The number of rotatable bonds is 9. The first-order valence-corrected chi connectivity index (χ1v) is 10.2. The normalized spacial score (nSPS) is 11.0. The van der Waals surface area contributed by atoms with Gasteiger partial charge in [-0.25, -0.2) is 4.98 Å². The molecule has 0 spiro atoms. The van der Waals surface area contributed by atoms with Crippen LogP contribution >= 0.6 is 0 Å². The van der Waals surface area contributed by atoms with Gasteiger partial charge in [0, 0.05) is 19.5 Å². The van der Waals surface area contributed by atoms with Crippen molar-refractivity contribution in [2.24, 2.45) is 0 Å². The van der Waals surface area contributed by atoms with Crippen LogP contribution < -0.4 is 14.8 Å². The van der Waals surface area contributed by atoms with Crippen LogP contribution in [0.5, 0.6) is 11.5 Å². The van der Waals surface area contributed by atoms with Crippen LogP contribution in [0, 0.1) is 6.92 Å². The zero-order valence-electron chi connectivity index (χ0n) is 17.4.